The summed E-state index contributed by atoms with van der Waals surface area (Å²) in [6.45, 7) is 0. The van der Waals surface area contributed by atoms with Crippen molar-refractivity contribution >= 4 is 42.6 Å². The Labute approximate surface area is 116 Å². The molecule has 3 rings (SSSR count). The summed E-state index contributed by atoms with van der Waals surface area (Å²) in [5, 5.41) is 0.561. The Morgan fingerprint density at radius 2 is 2.06 bits per heavy atom. The molecular weight excluding hydrogens is 314 g/mol. The minimum atomic E-state index is 0.561. The SMILES string of the molecule is Nc1nc2ccc(Oc3cncc(Br)c3)cc2s1. The van der Waals surface area contributed by atoms with E-state index in [4.69, 9.17) is 10.5 Å². The predicted octanol–water partition coefficient (Wildman–Crippen LogP) is 3.83. The first-order chi connectivity index (χ1) is 8.70. The van der Waals surface area contributed by atoms with Crippen molar-refractivity contribution in [2.45, 2.75) is 0 Å². The van der Waals surface area contributed by atoms with Crippen LogP contribution < -0.4 is 10.5 Å². The van der Waals surface area contributed by atoms with Crippen LogP contribution in [0.4, 0.5) is 5.13 Å². The largest absolute Gasteiger partial charge is 0.456 e. The van der Waals surface area contributed by atoms with Crippen LogP contribution in [0.2, 0.25) is 0 Å². The van der Waals surface area contributed by atoms with Crippen LogP contribution in [-0.2, 0) is 0 Å². The Balaban J connectivity index is 1.94. The van der Waals surface area contributed by atoms with E-state index in [0.29, 0.717) is 10.9 Å². The smallest absolute Gasteiger partial charge is 0.181 e. The Bertz CT molecular complexity index is 713. The summed E-state index contributed by atoms with van der Waals surface area (Å²) in [7, 11) is 0. The second-order valence-electron chi connectivity index (χ2n) is 3.62. The number of aromatic nitrogens is 2. The number of pyridine rings is 1. The molecule has 0 saturated heterocycles. The number of hydrogen-bond acceptors (Lipinski definition) is 5. The van der Waals surface area contributed by atoms with Crippen LogP contribution in [0.25, 0.3) is 10.2 Å². The number of nitrogens with zero attached hydrogens (tertiary/aromatic N) is 2. The third-order valence-corrected chi connectivity index (χ3v) is 3.57. The van der Waals surface area contributed by atoms with E-state index in [2.05, 4.69) is 25.9 Å². The summed E-state index contributed by atoms with van der Waals surface area (Å²) < 4.78 is 7.61. The van der Waals surface area contributed by atoms with Crippen molar-refractivity contribution in [1.82, 2.24) is 9.97 Å². The molecule has 18 heavy (non-hydrogen) atoms. The third-order valence-electron chi connectivity index (χ3n) is 2.29. The highest BCUT2D eigenvalue weighted by atomic mass is 79.9. The van der Waals surface area contributed by atoms with Gasteiger partial charge in [-0.2, -0.15) is 0 Å². The van der Waals surface area contributed by atoms with E-state index in [1.807, 2.05) is 24.3 Å². The van der Waals surface area contributed by atoms with E-state index >= 15 is 0 Å². The normalized spacial score (nSPS) is 10.7. The summed E-state index contributed by atoms with van der Waals surface area (Å²) in [6, 6.07) is 7.54. The lowest BCUT2D eigenvalue weighted by atomic mass is 10.3. The van der Waals surface area contributed by atoms with Crippen molar-refractivity contribution in [1.29, 1.82) is 0 Å². The molecule has 0 bridgehead atoms. The van der Waals surface area contributed by atoms with Gasteiger partial charge in [0.1, 0.15) is 11.5 Å². The van der Waals surface area contributed by atoms with E-state index in [1.165, 1.54) is 11.3 Å². The maximum absolute atomic E-state index is 5.72. The minimum Gasteiger partial charge on any atom is -0.456 e. The van der Waals surface area contributed by atoms with Gasteiger partial charge in [0.25, 0.3) is 0 Å². The fourth-order valence-electron chi connectivity index (χ4n) is 1.57. The topological polar surface area (TPSA) is 61.0 Å². The Morgan fingerprint density at radius 1 is 1.17 bits per heavy atom. The van der Waals surface area contributed by atoms with Gasteiger partial charge < -0.3 is 10.5 Å². The van der Waals surface area contributed by atoms with Gasteiger partial charge in [0.2, 0.25) is 0 Å². The first-order valence-corrected chi connectivity index (χ1v) is 6.76. The summed E-state index contributed by atoms with van der Waals surface area (Å²) in [5.41, 5.74) is 6.55. The molecule has 0 spiro atoms. The zero-order valence-corrected chi connectivity index (χ0v) is 11.5. The van der Waals surface area contributed by atoms with E-state index in [-0.39, 0.29) is 0 Å². The Morgan fingerprint density at radius 3 is 2.89 bits per heavy atom. The molecule has 0 fully saturated rings. The lowest BCUT2D eigenvalue weighted by molar-refractivity contribution is 0.480. The van der Waals surface area contributed by atoms with E-state index in [9.17, 15) is 0 Å². The molecule has 0 aliphatic heterocycles. The number of fused-ring (bicyclic) bond motifs is 1. The highest BCUT2D eigenvalue weighted by Gasteiger charge is 2.04. The molecule has 1 aromatic carbocycles. The van der Waals surface area contributed by atoms with Gasteiger partial charge in [0.05, 0.1) is 16.4 Å². The maximum atomic E-state index is 5.72. The molecule has 0 saturated carbocycles. The van der Waals surface area contributed by atoms with Gasteiger partial charge in [-0.1, -0.05) is 11.3 Å². The van der Waals surface area contributed by atoms with Gasteiger partial charge >= 0.3 is 0 Å². The number of thiazole rings is 1. The third kappa shape index (κ3) is 2.30. The summed E-state index contributed by atoms with van der Waals surface area (Å²) in [4.78, 5) is 8.24. The number of rotatable bonds is 2. The average molecular weight is 322 g/mol. The van der Waals surface area contributed by atoms with Crippen LogP contribution in [0.15, 0.2) is 41.1 Å². The van der Waals surface area contributed by atoms with Crippen LogP contribution in [0.5, 0.6) is 11.5 Å². The van der Waals surface area contributed by atoms with Crippen LogP contribution in [-0.4, -0.2) is 9.97 Å². The number of halogens is 1. The second-order valence-corrected chi connectivity index (χ2v) is 5.60. The number of hydrogen-bond donors (Lipinski definition) is 1. The number of anilines is 1. The van der Waals surface area contributed by atoms with Crippen LogP contribution in [0, 0.1) is 0 Å². The van der Waals surface area contributed by atoms with Gasteiger partial charge in [-0.05, 0) is 34.1 Å². The molecule has 6 heteroatoms. The average Bonchev–Trinajstić information content (AvgIpc) is 2.68. The van der Waals surface area contributed by atoms with E-state index in [0.717, 1.165) is 20.4 Å². The lowest BCUT2D eigenvalue weighted by Crippen LogP contribution is -1.85. The zero-order chi connectivity index (χ0) is 12.5. The van der Waals surface area contributed by atoms with Crippen molar-refractivity contribution in [2.24, 2.45) is 0 Å². The lowest BCUT2D eigenvalue weighted by Gasteiger charge is -2.04. The molecule has 3 aromatic rings. The zero-order valence-electron chi connectivity index (χ0n) is 9.13. The fourth-order valence-corrected chi connectivity index (χ4v) is 2.68. The first-order valence-electron chi connectivity index (χ1n) is 5.15. The molecule has 0 aliphatic carbocycles. The van der Waals surface area contributed by atoms with Crippen LogP contribution in [0.3, 0.4) is 0 Å². The van der Waals surface area contributed by atoms with E-state index in [1.54, 1.807) is 12.4 Å². The predicted molar refractivity (Wildman–Crippen MR) is 76.0 cm³/mol. The number of benzene rings is 1. The van der Waals surface area contributed by atoms with Crippen LogP contribution >= 0.6 is 27.3 Å². The summed E-state index contributed by atoms with van der Waals surface area (Å²) >= 11 is 4.79. The molecular formula is C12H8BrN3OS. The molecule has 2 N–H and O–H groups in total. The van der Waals surface area contributed by atoms with Gasteiger partial charge in [-0.15, -0.1) is 0 Å². The van der Waals surface area contributed by atoms with E-state index < -0.39 is 0 Å². The van der Waals surface area contributed by atoms with Gasteiger partial charge in [-0.25, -0.2) is 4.98 Å². The van der Waals surface area contributed by atoms with Crippen LogP contribution in [0.1, 0.15) is 0 Å². The van der Waals surface area contributed by atoms with Crippen molar-refractivity contribution in [3.8, 4) is 11.5 Å². The summed E-state index contributed by atoms with van der Waals surface area (Å²) in [5.74, 6) is 1.42. The molecule has 0 unspecified atom stereocenters. The fraction of sp³-hybridized carbons (Fsp3) is 0. The Hall–Kier alpha value is -1.66. The standard InChI is InChI=1S/C12H8BrN3OS/c13-7-3-9(6-15-5-7)17-8-1-2-10-11(4-8)18-12(14)16-10/h1-6H,(H2,14,16). The van der Waals surface area contributed by atoms with Gasteiger partial charge in [-0.3, -0.25) is 4.98 Å². The number of nitrogens with two attached hydrogens (primary N) is 1. The van der Waals surface area contributed by atoms with Gasteiger partial charge in [0.15, 0.2) is 5.13 Å². The highest BCUT2D eigenvalue weighted by Crippen LogP contribution is 2.30. The molecule has 0 radical (unpaired) electrons. The molecule has 2 heterocycles. The highest BCUT2D eigenvalue weighted by molar-refractivity contribution is 9.10. The number of ether oxygens (including phenoxy) is 1. The van der Waals surface area contributed by atoms with Gasteiger partial charge in [0, 0.05) is 16.7 Å². The molecule has 4 nitrogen and oxygen atoms in total. The van der Waals surface area contributed by atoms with Crippen molar-refractivity contribution in [3.63, 3.8) is 0 Å². The molecule has 2 aromatic heterocycles. The summed E-state index contributed by atoms with van der Waals surface area (Å²) in [6.07, 6.45) is 3.37. The quantitative estimate of drug-likeness (QED) is 0.779. The van der Waals surface area contributed by atoms with Crippen molar-refractivity contribution in [2.75, 3.05) is 5.73 Å². The van der Waals surface area contributed by atoms with Crippen molar-refractivity contribution in [3.05, 3.63) is 41.1 Å². The molecule has 0 aliphatic rings. The monoisotopic (exact) mass is 321 g/mol. The maximum Gasteiger partial charge on any atom is 0.181 e. The minimum absolute atomic E-state index is 0.561. The molecule has 90 valence electrons. The molecule has 0 amide bonds. The first kappa shape index (κ1) is 11.4. The second kappa shape index (κ2) is 4.55. The number of nitrogen functional groups attached to an aromatic ring is 1. The van der Waals surface area contributed by atoms with Crippen molar-refractivity contribution < 1.29 is 4.74 Å². The Kier molecular flexibility index (Phi) is 2.89. The molecule has 0 atom stereocenters.